The Morgan fingerprint density at radius 2 is 2.29 bits per heavy atom. The summed E-state index contributed by atoms with van der Waals surface area (Å²) in [4.78, 5) is 11.8. The Hall–Kier alpha value is -1.41. The Morgan fingerprint density at radius 1 is 1.52 bits per heavy atom. The molecule has 1 heterocycles. The summed E-state index contributed by atoms with van der Waals surface area (Å²) in [7, 11) is -1.49. The summed E-state index contributed by atoms with van der Waals surface area (Å²) in [5, 5.41) is 3.85. The molecule has 0 radical (unpaired) electrons. The lowest BCUT2D eigenvalue weighted by Crippen LogP contribution is -2.27. The number of carbonyl (C=O) groups excluding carboxylic acids is 1. The fraction of sp³-hybridized carbons (Fsp3) is 0.385. The van der Waals surface area contributed by atoms with Gasteiger partial charge in [-0.1, -0.05) is 0 Å². The Balaban J connectivity index is 1.93. The third-order valence-electron chi connectivity index (χ3n) is 3.17. The second-order valence-corrected chi connectivity index (χ2v) is 7.81. The maximum absolute atomic E-state index is 11.8. The normalized spacial score (nSPS) is 20.6. The van der Waals surface area contributed by atoms with Gasteiger partial charge in [-0.05, 0) is 46.1 Å². The molecular formula is C13H15BrN2O4S. The van der Waals surface area contributed by atoms with E-state index in [0.29, 0.717) is 12.2 Å². The van der Waals surface area contributed by atoms with Crippen LogP contribution in [0, 0.1) is 5.92 Å². The van der Waals surface area contributed by atoms with Gasteiger partial charge in [-0.25, -0.2) is 13.8 Å². The molecule has 0 unspecified atom stereocenters. The van der Waals surface area contributed by atoms with Crippen molar-refractivity contribution in [2.75, 3.05) is 18.6 Å². The van der Waals surface area contributed by atoms with Gasteiger partial charge in [0.1, 0.15) is 5.75 Å². The van der Waals surface area contributed by atoms with E-state index in [1.807, 2.05) is 0 Å². The third-order valence-corrected chi connectivity index (χ3v) is 5.56. The highest BCUT2D eigenvalue weighted by molar-refractivity contribution is 9.10. The monoisotopic (exact) mass is 374 g/mol. The van der Waals surface area contributed by atoms with E-state index in [1.165, 1.54) is 6.21 Å². The van der Waals surface area contributed by atoms with E-state index in [2.05, 4.69) is 26.5 Å². The van der Waals surface area contributed by atoms with Crippen molar-refractivity contribution in [3.05, 3.63) is 28.2 Å². The maximum atomic E-state index is 11.8. The molecule has 1 atom stereocenters. The first-order valence-corrected chi connectivity index (χ1v) is 8.89. The van der Waals surface area contributed by atoms with Crippen LogP contribution in [0.25, 0.3) is 0 Å². The van der Waals surface area contributed by atoms with Gasteiger partial charge >= 0.3 is 0 Å². The molecule has 1 amide bonds. The number of methoxy groups -OCH3 is 1. The lowest BCUT2D eigenvalue weighted by Gasteiger charge is -2.05. The second kappa shape index (κ2) is 6.57. The van der Waals surface area contributed by atoms with Crippen LogP contribution in [0.5, 0.6) is 5.75 Å². The van der Waals surface area contributed by atoms with Crippen LogP contribution in [0.2, 0.25) is 0 Å². The van der Waals surface area contributed by atoms with Crippen LogP contribution in [0.15, 0.2) is 27.8 Å². The summed E-state index contributed by atoms with van der Waals surface area (Å²) in [6, 6.07) is 5.37. The minimum Gasteiger partial charge on any atom is -0.496 e. The molecular weight excluding hydrogens is 360 g/mol. The lowest BCUT2D eigenvalue weighted by molar-refractivity contribution is -0.124. The molecule has 0 aliphatic carbocycles. The molecule has 1 aromatic carbocycles. The number of hydrogen-bond acceptors (Lipinski definition) is 5. The van der Waals surface area contributed by atoms with E-state index in [9.17, 15) is 13.2 Å². The molecule has 0 aromatic heterocycles. The van der Waals surface area contributed by atoms with Crippen molar-refractivity contribution in [1.82, 2.24) is 5.43 Å². The minimum atomic E-state index is -3.06. The number of hydrazone groups is 1. The summed E-state index contributed by atoms with van der Waals surface area (Å²) in [5.41, 5.74) is 3.16. The average molecular weight is 375 g/mol. The zero-order chi connectivity index (χ0) is 15.5. The molecule has 1 N–H and O–H groups in total. The van der Waals surface area contributed by atoms with E-state index in [-0.39, 0.29) is 17.4 Å². The standard InChI is InChI=1S/C13H15BrN2O4S/c1-20-12-3-2-9(6-11(12)14)7-15-16-13(17)10-4-5-21(18,19)8-10/h2-3,6-7,10H,4-5,8H2,1H3,(H,16,17)/b15-7-/t10-/m0/s1. The van der Waals surface area contributed by atoms with Crippen molar-refractivity contribution in [2.45, 2.75) is 6.42 Å². The van der Waals surface area contributed by atoms with Gasteiger partial charge < -0.3 is 4.74 Å². The number of halogens is 1. The molecule has 0 bridgehead atoms. The Bertz CT molecular complexity index is 673. The summed E-state index contributed by atoms with van der Waals surface area (Å²) in [5.74, 6) is -0.190. The quantitative estimate of drug-likeness (QED) is 0.636. The average Bonchev–Trinajstić information content (AvgIpc) is 2.79. The second-order valence-electron chi connectivity index (χ2n) is 4.73. The molecule has 1 fully saturated rings. The van der Waals surface area contributed by atoms with Crippen molar-refractivity contribution in [3.63, 3.8) is 0 Å². The molecule has 2 rings (SSSR count). The Morgan fingerprint density at radius 3 is 2.86 bits per heavy atom. The molecule has 114 valence electrons. The van der Waals surface area contributed by atoms with Gasteiger partial charge in [-0.3, -0.25) is 4.79 Å². The van der Waals surface area contributed by atoms with E-state index < -0.39 is 15.8 Å². The molecule has 0 saturated carbocycles. The fourth-order valence-corrected chi connectivity index (χ4v) is 4.33. The number of hydrogen-bond donors (Lipinski definition) is 1. The topological polar surface area (TPSA) is 84.8 Å². The minimum absolute atomic E-state index is 0.0697. The molecule has 6 nitrogen and oxygen atoms in total. The van der Waals surface area contributed by atoms with E-state index in [0.717, 1.165) is 10.0 Å². The summed E-state index contributed by atoms with van der Waals surface area (Å²) >= 11 is 3.35. The largest absolute Gasteiger partial charge is 0.496 e. The zero-order valence-corrected chi connectivity index (χ0v) is 13.8. The number of sulfone groups is 1. The van der Waals surface area contributed by atoms with E-state index >= 15 is 0 Å². The molecule has 21 heavy (non-hydrogen) atoms. The van der Waals surface area contributed by atoms with Crippen LogP contribution >= 0.6 is 15.9 Å². The highest BCUT2D eigenvalue weighted by Gasteiger charge is 2.32. The van der Waals surface area contributed by atoms with Crippen LogP contribution in [0.4, 0.5) is 0 Å². The van der Waals surface area contributed by atoms with Crippen molar-refractivity contribution in [2.24, 2.45) is 11.0 Å². The van der Waals surface area contributed by atoms with Gasteiger partial charge in [0.2, 0.25) is 5.91 Å². The first-order chi connectivity index (χ1) is 9.91. The first-order valence-electron chi connectivity index (χ1n) is 6.28. The number of benzene rings is 1. The van der Waals surface area contributed by atoms with Crippen molar-refractivity contribution in [3.8, 4) is 5.75 Å². The van der Waals surface area contributed by atoms with Crippen LogP contribution < -0.4 is 10.2 Å². The molecule has 8 heteroatoms. The molecule has 1 aromatic rings. The summed E-state index contributed by atoms with van der Waals surface area (Å²) in [6.45, 7) is 0. The van der Waals surface area contributed by atoms with Gasteiger partial charge in [0.15, 0.2) is 9.84 Å². The third kappa shape index (κ3) is 4.28. The number of amides is 1. The molecule has 1 aliphatic heterocycles. The molecule has 1 saturated heterocycles. The van der Waals surface area contributed by atoms with E-state index in [4.69, 9.17) is 4.74 Å². The molecule has 0 spiro atoms. The lowest BCUT2D eigenvalue weighted by atomic mass is 10.1. The number of rotatable bonds is 4. The van der Waals surface area contributed by atoms with Gasteiger partial charge in [-0.15, -0.1) is 0 Å². The molecule has 1 aliphatic rings. The fourth-order valence-electron chi connectivity index (χ4n) is 2.03. The predicted molar refractivity (Wildman–Crippen MR) is 83.2 cm³/mol. The Labute approximate surface area is 131 Å². The van der Waals surface area contributed by atoms with Crippen LogP contribution in [-0.4, -0.2) is 39.2 Å². The van der Waals surface area contributed by atoms with Gasteiger partial charge in [0.05, 0.1) is 35.2 Å². The highest BCUT2D eigenvalue weighted by Crippen LogP contribution is 2.24. The number of carbonyl (C=O) groups is 1. The number of ether oxygens (including phenoxy) is 1. The van der Waals surface area contributed by atoms with Crippen molar-refractivity contribution >= 4 is 37.9 Å². The van der Waals surface area contributed by atoms with Gasteiger partial charge in [-0.2, -0.15) is 5.10 Å². The van der Waals surface area contributed by atoms with Gasteiger partial charge in [0, 0.05) is 0 Å². The smallest absolute Gasteiger partial charge is 0.244 e. The maximum Gasteiger partial charge on any atom is 0.244 e. The van der Waals surface area contributed by atoms with Crippen molar-refractivity contribution in [1.29, 1.82) is 0 Å². The van der Waals surface area contributed by atoms with E-state index in [1.54, 1.807) is 25.3 Å². The number of nitrogens with zero attached hydrogens (tertiary/aromatic N) is 1. The van der Waals surface area contributed by atoms with Crippen LogP contribution in [0.3, 0.4) is 0 Å². The Kier molecular flexibility index (Phi) is 5.00. The van der Waals surface area contributed by atoms with Crippen molar-refractivity contribution < 1.29 is 17.9 Å². The predicted octanol–water partition coefficient (Wildman–Crippen LogP) is 1.34. The first kappa shape index (κ1) is 16.0. The van der Waals surface area contributed by atoms with Crippen LogP contribution in [-0.2, 0) is 14.6 Å². The van der Waals surface area contributed by atoms with Crippen LogP contribution in [0.1, 0.15) is 12.0 Å². The summed E-state index contributed by atoms with van der Waals surface area (Å²) < 4.78 is 28.5. The SMILES string of the molecule is COc1ccc(/C=N\NC(=O)[C@H]2CCS(=O)(=O)C2)cc1Br. The number of nitrogens with one attached hydrogen (secondary N) is 1. The zero-order valence-electron chi connectivity index (χ0n) is 11.4. The van der Waals surface area contributed by atoms with Gasteiger partial charge in [0.25, 0.3) is 0 Å². The highest BCUT2D eigenvalue weighted by atomic mass is 79.9. The summed E-state index contributed by atoms with van der Waals surface area (Å²) in [6.07, 6.45) is 1.85.